The molecule has 1 saturated heterocycles. The van der Waals surface area contributed by atoms with Gasteiger partial charge in [-0.15, -0.1) is 0 Å². The van der Waals surface area contributed by atoms with E-state index in [1.165, 1.54) is 25.0 Å². The molecule has 0 aliphatic carbocycles. The van der Waals surface area contributed by atoms with Crippen molar-refractivity contribution in [1.82, 2.24) is 9.62 Å². The zero-order valence-corrected chi connectivity index (χ0v) is 13.4. The van der Waals surface area contributed by atoms with Crippen LogP contribution in [0.3, 0.4) is 0 Å². The number of sulfonamides is 1. The molecule has 0 saturated carbocycles. The van der Waals surface area contributed by atoms with Crippen molar-refractivity contribution in [2.75, 3.05) is 31.9 Å². The van der Waals surface area contributed by atoms with Crippen LogP contribution in [-0.4, -0.2) is 39.5 Å². The summed E-state index contributed by atoms with van der Waals surface area (Å²) in [4.78, 5) is 2.68. The van der Waals surface area contributed by atoms with E-state index in [2.05, 4.69) is 16.5 Å². The van der Waals surface area contributed by atoms with Gasteiger partial charge in [-0.2, -0.15) is 0 Å². The first-order chi connectivity index (χ1) is 9.97. The van der Waals surface area contributed by atoms with Crippen LogP contribution in [0.4, 0.5) is 5.69 Å². The number of piperidine rings is 1. The Hall–Kier alpha value is -1.11. The zero-order chi connectivity index (χ0) is 15.3. The zero-order valence-electron chi connectivity index (χ0n) is 12.6. The highest BCUT2D eigenvalue weighted by molar-refractivity contribution is 7.89. The van der Waals surface area contributed by atoms with Crippen molar-refractivity contribution in [1.29, 1.82) is 0 Å². The van der Waals surface area contributed by atoms with E-state index in [0.29, 0.717) is 12.2 Å². The van der Waals surface area contributed by atoms with E-state index in [1.54, 1.807) is 12.1 Å². The Kier molecular flexibility index (Phi) is 5.61. The summed E-state index contributed by atoms with van der Waals surface area (Å²) >= 11 is 0. The van der Waals surface area contributed by atoms with Gasteiger partial charge in [0.2, 0.25) is 10.0 Å². The van der Waals surface area contributed by atoms with E-state index >= 15 is 0 Å². The number of nitrogens with one attached hydrogen (secondary N) is 1. The van der Waals surface area contributed by atoms with Crippen molar-refractivity contribution < 1.29 is 8.42 Å². The van der Waals surface area contributed by atoms with Crippen LogP contribution in [0.25, 0.3) is 0 Å². The molecule has 1 aliphatic heterocycles. The van der Waals surface area contributed by atoms with Crippen LogP contribution in [0.15, 0.2) is 29.2 Å². The molecule has 0 amide bonds. The van der Waals surface area contributed by atoms with Crippen LogP contribution in [0, 0.1) is 5.92 Å². The summed E-state index contributed by atoms with van der Waals surface area (Å²) in [6.45, 7) is 5.98. The van der Waals surface area contributed by atoms with Crippen molar-refractivity contribution >= 4 is 15.7 Å². The standard InChI is InChI=1S/C15H25N3O2S/c1-13-7-11-18(12-8-13)10-2-9-17-21(19,20)15-5-3-14(16)4-6-15/h3-6,13,17H,2,7-12,16H2,1H3. The van der Waals surface area contributed by atoms with Crippen LogP contribution in [0.1, 0.15) is 26.2 Å². The summed E-state index contributed by atoms with van der Waals surface area (Å²) in [5.74, 6) is 0.824. The first-order valence-electron chi connectivity index (χ1n) is 7.55. The second-order valence-corrected chi connectivity index (χ2v) is 7.61. The number of hydrogen-bond donors (Lipinski definition) is 2. The second kappa shape index (κ2) is 7.24. The lowest BCUT2D eigenvalue weighted by Gasteiger charge is -2.30. The third-order valence-electron chi connectivity index (χ3n) is 4.01. The molecule has 0 radical (unpaired) electrons. The number of nitrogens with zero attached hydrogens (tertiary/aromatic N) is 1. The lowest BCUT2D eigenvalue weighted by atomic mass is 9.99. The Morgan fingerprint density at radius 1 is 1.24 bits per heavy atom. The molecule has 3 N–H and O–H groups in total. The Morgan fingerprint density at radius 2 is 1.86 bits per heavy atom. The topological polar surface area (TPSA) is 75.4 Å². The van der Waals surface area contributed by atoms with Crippen molar-refractivity contribution in [3.63, 3.8) is 0 Å². The number of nitrogen functional groups attached to an aromatic ring is 1. The highest BCUT2D eigenvalue weighted by Crippen LogP contribution is 2.16. The monoisotopic (exact) mass is 311 g/mol. The highest BCUT2D eigenvalue weighted by Gasteiger charge is 2.16. The fourth-order valence-corrected chi connectivity index (χ4v) is 3.60. The molecule has 5 nitrogen and oxygen atoms in total. The first-order valence-corrected chi connectivity index (χ1v) is 9.03. The Labute approximate surface area is 127 Å². The number of rotatable bonds is 6. The van der Waals surface area contributed by atoms with Crippen molar-refractivity contribution in [2.45, 2.75) is 31.1 Å². The van der Waals surface area contributed by atoms with Gasteiger partial charge in [0, 0.05) is 12.2 Å². The molecule has 118 valence electrons. The summed E-state index contributed by atoms with van der Waals surface area (Å²) in [6, 6.07) is 6.26. The minimum atomic E-state index is -3.41. The molecule has 0 atom stereocenters. The maximum absolute atomic E-state index is 12.1. The van der Waals surface area contributed by atoms with Crippen molar-refractivity contribution in [3.05, 3.63) is 24.3 Å². The molecule has 6 heteroatoms. The number of benzene rings is 1. The van der Waals surface area contributed by atoms with E-state index < -0.39 is 10.0 Å². The van der Waals surface area contributed by atoms with Gasteiger partial charge in [0.25, 0.3) is 0 Å². The lowest BCUT2D eigenvalue weighted by molar-refractivity contribution is 0.191. The van der Waals surface area contributed by atoms with Gasteiger partial charge in [-0.25, -0.2) is 13.1 Å². The van der Waals surface area contributed by atoms with E-state index in [0.717, 1.165) is 32.0 Å². The fourth-order valence-electron chi connectivity index (χ4n) is 2.53. The van der Waals surface area contributed by atoms with Crippen molar-refractivity contribution in [2.24, 2.45) is 5.92 Å². The maximum atomic E-state index is 12.1. The predicted molar refractivity (Wildman–Crippen MR) is 85.5 cm³/mol. The minimum Gasteiger partial charge on any atom is -0.399 e. The SMILES string of the molecule is CC1CCN(CCCNS(=O)(=O)c2ccc(N)cc2)CC1. The molecule has 1 aliphatic rings. The molecule has 0 unspecified atom stereocenters. The molecular formula is C15H25N3O2S. The minimum absolute atomic E-state index is 0.267. The van der Waals surface area contributed by atoms with E-state index in [9.17, 15) is 8.42 Å². The van der Waals surface area contributed by atoms with Gasteiger partial charge >= 0.3 is 0 Å². The summed E-state index contributed by atoms with van der Waals surface area (Å²) in [5.41, 5.74) is 6.13. The molecule has 21 heavy (non-hydrogen) atoms. The van der Waals surface area contributed by atoms with Gasteiger partial charge in [-0.3, -0.25) is 0 Å². The fraction of sp³-hybridized carbons (Fsp3) is 0.600. The summed E-state index contributed by atoms with van der Waals surface area (Å²) in [7, 11) is -3.41. The van der Waals surface area contributed by atoms with Crippen molar-refractivity contribution in [3.8, 4) is 0 Å². The van der Waals surface area contributed by atoms with E-state index in [-0.39, 0.29) is 4.90 Å². The lowest BCUT2D eigenvalue weighted by Crippen LogP contribution is -2.35. The van der Waals surface area contributed by atoms with Gasteiger partial charge in [0.15, 0.2) is 0 Å². The average molecular weight is 311 g/mol. The molecule has 0 spiro atoms. The molecular weight excluding hydrogens is 286 g/mol. The van der Waals surface area contributed by atoms with E-state index in [1.807, 2.05) is 0 Å². The molecule has 0 aromatic heterocycles. The van der Waals surface area contributed by atoms with Gasteiger partial charge in [0.1, 0.15) is 0 Å². The van der Waals surface area contributed by atoms with Crippen LogP contribution >= 0.6 is 0 Å². The molecule has 0 bridgehead atoms. The molecule has 1 aromatic carbocycles. The molecule has 2 rings (SSSR count). The summed E-state index contributed by atoms with van der Waals surface area (Å²) < 4.78 is 26.8. The number of nitrogens with two attached hydrogens (primary N) is 1. The number of likely N-dealkylation sites (tertiary alicyclic amines) is 1. The Bertz CT molecular complexity index is 535. The second-order valence-electron chi connectivity index (χ2n) is 5.84. The molecule has 1 aromatic rings. The Balaban J connectivity index is 1.73. The predicted octanol–water partition coefficient (Wildman–Crippen LogP) is 1.67. The summed E-state index contributed by atoms with van der Waals surface area (Å²) in [5, 5.41) is 0. The average Bonchev–Trinajstić information content (AvgIpc) is 2.46. The largest absolute Gasteiger partial charge is 0.399 e. The Morgan fingerprint density at radius 3 is 2.48 bits per heavy atom. The maximum Gasteiger partial charge on any atom is 0.240 e. The molecule has 1 heterocycles. The third-order valence-corrected chi connectivity index (χ3v) is 5.49. The summed E-state index contributed by atoms with van der Waals surface area (Å²) in [6.07, 6.45) is 3.33. The van der Waals surface area contributed by atoms with Gasteiger partial charge in [0.05, 0.1) is 4.90 Å². The highest BCUT2D eigenvalue weighted by atomic mass is 32.2. The van der Waals surface area contributed by atoms with Crippen LogP contribution in [0.2, 0.25) is 0 Å². The van der Waals surface area contributed by atoms with Gasteiger partial charge in [-0.05, 0) is 69.1 Å². The first kappa shape index (κ1) is 16.3. The van der Waals surface area contributed by atoms with Gasteiger partial charge < -0.3 is 10.6 Å². The quantitative estimate of drug-likeness (QED) is 0.619. The van der Waals surface area contributed by atoms with Crippen LogP contribution in [-0.2, 0) is 10.0 Å². The molecule has 1 fully saturated rings. The number of hydrogen-bond acceptors (Lipinski definition) is 4. The smallest absolute Gasteiger partial charge is 0.240 e. The number of anilines is 1. The van der Waals surface area contributed by atoms with E-state index in [4.69, 9.17) is 5.73 Å². The van der Waals surface area contributed by atoms with Crippen LogP contribution < -0.4 is 10.5 Å². The van der Waals surface area contributed by atoms with Crippen LogP contribution in [0.5, 0.6) is 0 Å². The normalized spacial score (nSPS) is 18.0. The third kappa shape index (κ3) is 4.98. The van der Waals surface area contributed by atoms with Gasteiger partial charge in [-0.1, -0.05) is 6.92 Å².